The Kier molecular flexibility index (Phi) is 7.04. The first-order chi connectivity index (χ1) is 9.54. The van der Waals surface area contributed by atoms with Crippen molar-refractivity contribution in [1.82, 2.24) is 5.32 Å². The molecule has 5 nitrogen and oxygen atoms in total. The van der Waals surface area contributed by atoms with E-state index in [1.807, 2.05) is 32.0 Å². The monoisotopic (exact) mass is 281 g/mol. The van der Waals surface area contributed by atoms with Crippen LogP contribution in [0, 0.1) is 5.92 Å². The molecule has 112 valence electrons. The molecule has 0 fully saturated rings. The normalized spacial score (nSPS) is 15.3. The summed E-state index contributed by atoms with van der Waals surface area (Å²) in [6.45, 7) is 4.13. The van der Waals surface area contributed by atoms with Crippen LogP contribution in [-0.2, 0) is 4.79 Å². The minimum atomic E-state index is -0.893. The number of aliphatic hydroxyl groups is 1. The molecule has 0 aliphatic rings. The Hall–Kier alpha value is -1.59. The highest BCUT2D eigenvalue weighted by Crippen LogP contribution is 2.09. The van der Waals surface area contributed by atoms with Crippen LogP contribution in [0.4, 0.5) is 0 Å². The predicted octanol–water partition coefficient (Wildman–Crippen LogP) is 1.52. The average molecular weight is 281 g/mol. The summed E-state index contributed by atoms with van der Waals surface area (Å²) in [5.74, 6) is -0.200. The van der Waals surface area contributed by atoms with Crippen LogP contribution in [0.25, 0.3) is 0 Å². The lowest BCUT2D eigenvalue weighted by atomic mass is 9.99. The first kappa shape index (κ1) is 16.5. The van der Waals surface area contributed by atoms with E-state index in [2.05, 4.69) is 5.32 Å². The summed E-state index contributed by atoms with van der Waals surface area (Å²) in [6, 6.07) is 8.55. The fourth-order valence-corrected chi connectivity index (χ4v) is 1.80. The van der Waals surface area contributed by atoms with Gasteiger partial charge >= 0.3 is 5.97 Å². The zero-order valence-electron chi connectivity index (χ0n) is 12.0. The van der Waals surface area contributed by atoms with Crippen LogP contribution >= 0.6 is 0 Å². The van der Waals surface area contributed by atoms with E-state index >= 15 is 0 Å². The number of hydrogen-bond acceptors (Lipinski definition) is 4. The lowest BCUT2D eigenvalue weighted by molar-refractivity contribution is -0.141. The number of aliphatic hydroxyl groups excluding tert-OH is 1. The maximum atomic E-state index is 11.1. The molecule has 0 radical (unpaired) electrons. The summed E-state index contributed by atoms with van der Waals surface area (Å²) in [6.07, 6.45) is 0.0155. The molecular weight excluding hydrogens is 258 g/mol. The molecule has 0 aliphatic carbocycles. The minimum Gasteiger partial charge on any atom is -0.491 e. The van der Waals surface area contributed by atoms with Crippen LogP contribution < -0.4 is 10.1 Å². The second-order valence-electron chi connectivity index (χ2n) is 4.89. The van der Waals surface area contributed by atoms with E-state index in [4.69, 9.17) is 9.84 Å². The highest BCUT2D eigenvalue weighted by molar-refractivity contribution is 5.73. The summed E-state index contributed by atoms with van der Waals surface area (Å²) in [5.41, 5.74) is 0. The molecule has 0 spiro atoms. The Balaban J connectivity index is 2.34. The SMILES string of the molecule is CC[C@H](C)[C@H](NC[C@H](O)COc1ccccc1)C(=O)O. The van der Waals surface area contributed by atoms with Crippen LogP contribution in [0.3, 0.4) is 0 Å². The largest absolute Gasteiger partial charge is 0.491 e. The number of carboxylic acids is 1. The molecule has 20 heavy (non-hydrogen) atoms. The van der Waals surface area contributed by atoms with E-state index in [9.17, 15) is 9.90 Å². The molecule has 1 rings (SSSR count). The molecule has 0 aliphatic heterocycles. The van der Waals surface area contributed by atoms with Gasteiger partial charge in [0.25, 0.3) is 0 Å². The number of carboxylic acid groups (broad SMARTS) is 1. The topological polar surface area (TPSA) is 78.8 Å². The van der Waals surface area contributed by atoms with Gasteiger partial charge in [-0.3, -0.25) is 4.79 Å². The Morgan fingerprint density at radius 1 is 1.35 bits per heavy atom. The molecule has 0 amide bonds. The molecule has 5 heteroatoms. The first-order valence-corrected chi connectivity index (χ1v) is 6.86. The maximum absolute atomic E-state index is 11.1. The van der Waals surface area contributed by atoms with Gasteiger partial charge in [-0.2, -0.15) is 0 Å². The van der Waals surface area contributed by atoms with Gasteiger partial charge in [0.05, 0.1) is 0 Å². The number of nitrogens with one attached hydrogen (secondary N) is 1. The molecule has 0 bridgehead atoms. The molecule has 0 saturated carbocycles. The van der Waals surface area contributed by atoms with Crippen LogP contribution in [0.1, 0.15) is 20.3 Å². The van der Waals surface area contributed by atoms with Crippen molar-refractivity contribution in [3.05, 3.63) is 30.3 Å². The number of aliphatic carboxylic acids is 1. The van der Waals surface area contributed by atoms with Crippen molar-refractivity contribution in [3.63, 3.8) is 0 Å². The van der Waals surface area contributed by atoms with Crippen molar-refractivity contribution in [1.29, 1.82) is 0 Å². The van der Waals surface area contributed by atoms with Gasteiger partial charge in [-0.05, 0) is 18.1 Å². The smallest absolute Gasteiger partial charge is 0.320 e. The maximum Gasteiger partial charge on any atom is 0.320 e. The predicted molar refractivity (Wildman–Crippen MR) is 76.8 cm³/mol. The molecule has 0 saturated heterocycles. The third kappa shape index (κ3) is 5.59. The van der Waals surface area contributed by atoms with Gasteiger partial charge in [0, 0.05) is 6.54 Å². The standard InChI is InChI=1S/C15H23NO4/c1-3-11(2)14(15(18)19)16-9-12(17)10-20-13-7-5-4-6-8-13/h4-8,11-12,14,16-17H,3,9-10H2,1-2H3,(H,18,19)/t11-,12-,14-/m0/s1. The van der Waals surface area contributed by atoms with Crippen LogP contribution in [-0.4, -0.2) is 41.5 Å². The lowest BCUT2D eigenvalue weighted by Gasteiger charge is -2.22. The van der Waals surface area contributed by atoms with Crippen molar-refractivity contribution in [2.75, 3.05) is 13.2 Å². The number of rotatable bonds is 9. The summed E-state index contributed by atoms with van der Waals surface area (Å²) in [7, 11) is 0. The molecule has 3 atom stereocenters. The van der Waals surface area contributed by atoms with Gasteiger partial charge in [-0.25, -0.2) is 0 Å². The number of para-hydroxylation sites is 1. The molecule has 0 heterocycles. The van der Waals surface area contributed by atoms with E-state index in [-0.39, 0.29) is 19.1 Å². The van der Waals surface area contributed by atoms with Crippen molar-refractivity contribution >= 4 is 5.97 Å². The van der Waals surface area contributed by atoms with E-state index in [1.165, 1.54) is 0 Å². The van der Waals surface area contributed by atoms with Gasteiger partial charge < -0.3 is 20.3 Å². The van der Waals surface area contributed by atoms with Crippen molar-refractivity contribution in [2.45, 2.75) is 32.4 Å². The zero-order chi connectivity index (χ0) is 15.0. The number of ether oxygens (including phenoxy) is 1. The zero-order valence-corrected chi connectivity index (χ0v) is 12.0. The van der Waals surface area contributed by atoms with E-state index in [0.717, 1.165) is 6.42 Å². The third-order valence-corrected chi connectivity index (χ3v) is 3.24. The van der Waals surface area contributed by atoms with Gasteiger partial charge in [0.15, 0.2) is 0 Å². The van der Waals surface area contributed by atoms with Crippen LogP contribution in [0.5, 0.6) is 5.75 Å². The Morgan fingerprint density at radius 2 is 2.00 bits per heavy atom. The van der Waals surface area contributed by atoms with Gasteiger partial charge in [-0.1, -0.05) is 38.5 Å². The average Bonchev–Trinajstić information content (AvgIpc) is 2.45. The number of hydrogen-bond donors (Lipinski definition) is 3. The van der Waals surface area contributed by atoms with Crippen LogP contribution in [0.2, 0.25) is 0 Å². The quantitative estimate of drug-likeness (QED) is 0.639. The Morgan fingerprint density at radius 3 is 2.55 bits per heavy atom. The fourth-order valence-electron chi connectivity index (χ4n) is 1.80. The third-order valence-electron chi connectivity index (χ3n) is 3.24. The highest BCUT2D eigenvalue weighted by atomic mass is 16.5. The summed E-state index contributed by atoms with van der Waals surface area (Å²) >= 11 is 0. The fraction of sp³-hybridized carbons (Fsp3) is 0.533. The van der Waals surface area contributed by atoms with E-state index in [0.29, 0.717) is 5.75 Å². The molecule has 1 aromatic carbocycles. The molecule has 3 N–H and O–H groups in total. The first-order valence-electron chi connectivity index (χ1n) is 6.86. The molecule has 0 unspecified atom stereocenters. The van der Waals surface area contributed by atoms with Gasteiger partial charge in [0.1, 0.15) is 24.5 Å². The highest BCUT2D eigenvalue weighted by Gasteiger charge is 2.23. The van der Waals surface area contributed by atoms with E-state index in [1.54, 1.807) is 12.1 Å². The summed E-state index contributed by atoms with van der Waals surface area (Å²) in [4.78, 5) is 11.1. The van der Waals surface area contributed by atoms with Crippen molar-refractivity contribution in [3.8, 4) is 5.75 Å². The van der Waals surface area contributed by atoms with Crippen molar-refractivity contribution < 1.29 is 19.7 Å². The molecule has 0 aromatic heterocycles. The van der Waals surface area contributed by atoms with Gasteiger partial charge in [-0.15, -0.1) is 0 Å². The second kappa shape index (κ2) is 8.55. The van der Waals surface area contributed by atoms with Gasteiger partial charge in [0.2, 0.25) is 0 Å². The minimum absolute atomic E-state index is 0.00902. The van der Waals surface area contributed by atoms with E-state index < -0.39 is 18.1 Å². The van der Waals surface area contributed by atoms with Crippen LogP contribution in [0.15, 0.2) is 30.3 Å². The second-order valence-corrected chi connectivity index (χ2v) is 4.89. The Bertz CT molecular complexity index is 396. The summed E-state index contributed by atoms with van der Waals surface area (Å²) in [5, 5.41) is 21.8. The molecule has 1 aromatic rings. The Labute approximate surface area is 119 Å². The number of carbonyl (C=O) groups is 1. The molecular formula is C15H23NO4. The van der Waals surface area contributed by atoms with Crippen molar-refractivity contribution in [2.24, 2.45) is 5.92 Å². The number of benzene rings is 1. The summed E-state index contributed by atoms with van der Waals surface area (Å²) < 4.78 is 5.41. The lowest BCUT2D eigenvalue weighted by Crippen LogP contribution is -2.45.